The van der Waals surface area contributed by atoms with Crippen molar-refractivity contribution in [3.8, 4) is 17.2 Å². The van der Waals surface area contributed by atoms with E-state index >= 15 is 0 Å². The van der Waals surface area contributed by atoms with Gasteiger partial charge in [-0.05, 0) is 80.1 Å². The number of halogens is 2. The molecule has 3 amide bonds. The fourth-order valence-electron chi connectivity index (χ4n) is 6.66. The van der Waals surface area contributed by atoms with Crippen LogP contribution >= 0.6 is 23.2 Å². The van der Waals surface area contributed by atoms with E-state index in [0.717, 1.165) is 25.2 Å². The van der Waals surface area contributed by atoms with Gasteiger partial charge in [-0.15, -0.1) is 0 Å². The predicted molar refractivity (Wildman–Crippen MR) is 167 cm³/mol. The lowest BCUT2D eigenvalue weighted by Crippen LogP contribution is -2.56. The van der Waals surface area contributed by atoms with Gasteiger partial charge in [-0.25, -0.2) is 9.69 Å². The summed E-state index contributed by atoms with van der Waals surface area (Å²) in [6.07, 6.45) is 3.62. The standard InChI is InChI=1S/C33H33Cl2N5O2/c1-2-39-32(42)40(30-20-28(34)27(19-29(30)35)25-7-5-6-24(18-25)21-36)31(41)33(39)12-16-37(17-13-33)22-23-8-10-26(11-9-23)38-14-3-4-15-38/h5-11,18-20H,2-4,12-17,22H2,1H3. The number of piperidine rings is 1. The average molecular weight is 603 g/mol. The quantitative estimate of drug-likeness (QED) is 0.286. The Balaban J connectivity index is 1.19. The normalized spacial score (nSPS) is 18.8. The second-order valence-corrected chi connectivity index (χ2v) is 12.1. The molecule has 0 N–H and O–H groups in total. The van der Waals surface area contributed by atoms with Gasteiger partial charge in [-0.2, -0.15) is 5.26 Å². The number of amides is 3. The van der Waals surface area contributed by atoms with Crippen LogP contribution in [0.15, 0.2) is 60.7 Å². The number of benzene rings is 3. The highest BCUT2D eigenvalue weighted by atomic mass is 35.5. The van der Waals surface area contributed by atoms with Crippen molar-refractivity contribution in [2.24, 2.45) is 0 Å². The molecule has 216 valence electrons. The predicted octanol–water partition coefficient (Wildman–Crippen LogP) is 6.96. The van der Waals surface area contributed by atoms with E-state index in [-0.39, 0.29) is 22.6 Å². The van der Waals surface area contributed by atoms with Crippen LogP contribution in [0.25, 0.3) is 11.1 Å². The van der Waals surface area contributed by atoms with Gasteiger partial charge in [-0.3, -0.25) is 9.69 Å². The van der Waals surface area contributed by atoms with E-state index in [1.807, 2.05) is 13.0 Å². The molecule has 1 spiro atoms. The van der Waals surface area contributed by atoms with Gasteiger partial charge in [0, 0.05) is 50.5 Å². The van der Waals surface area contributed by atoms with Crippen molar-refractivity contribution < 1.29 is 9.59 Å². The van der Waals surface area contributed by atoms with Gasteiger partial charge in [0.05, 0.1) is 27.4 Å². The minimum atomic E-state index is -0.905. The van der Waals surface area contributed by atoms with Crippen LogP contribution in [0.3, 0.4) is 0 Å². The zero-order valence-corrected chi connectivity index (χ0v) is 25.2. The topological polar surface area (TPSA) is 70.9 Å². The van der Waals surface area contributed by atoms with E-state index in [1.165, 1.54) is 29.0 Å². The molecule has 3 aliphatic rings. The molecule has 7 nitrogen and oxygen atoms in total. The number of urea groups is 1. The van der Waals surface area contributed by atoms with E-state index in [0.29, 0.717) is 48.6 Å². The monoisotopic (exact) mass is 601 g/mol. The van der Waals surface area contributed by atoms with Crippen molar-refractivity contribution in [3.63, 3.8) is 0 Å². The molecule has 9 heteroatoms. The van der Waals surface area contributed by atoms with Crippen molar-refractivity contribution in [1.29, 1.82) is 5.26 Å². The molecule has 3 saturated heterocycles. The number of hydrogen-bond acceptors (Lipinski definition) is 5. The second kappa shape index (κ2) is 11.6. The summed E-state index contributed by atoms with van der Waals surface area (Å²) in [5, 5.41) is 9.88. The van der Waals surface area contributed by atoms with Gasteiger partial charge in [0.25, 0.3) is 5.91 Å². The summed E-state index contributed by atoms with van der Waals surface area (Å²) < 4.78 is 0. The third-order valence-electron chi connectivity index (χ3n) is 8.93. The third kappa shape index (κ3) is 5.02. The molecule has 0 atom stereocenters. The number of carbonyl (C=O) groups excluding carboxylic acids is 2. The summed E-state index contributed by atoms with van der Waals surface area (Å²) in [5.41, 5.74) is 3.77. The van der Waals surface area contributed by atoms with Gasteiger partial charge in [0.15, 0.2) is 0 Å². The summed E-state index contributed by atoms with van der Waals surface area (Å²) >= 11 is 13.4. The summed E-state index contributed by atoms with van der Waals surface area (Å²) in [6, 6.07) is 20.9. The number of hydrogen-bond donors (Lipinski definition) is 0. The third-order valence-corrected chi connectivity index (χ3v) is 9.55. The van der Waals surface area contributed by atoms with Gasteiger partial charge >= 0.3 is 6.03 Å². The van der Waals surface area contributed by atoms with Gasteiger partial charge < -0.3 is 9.80 Å². The molecule has 6 rings (SSSR count). The molecule has 3 aromatic carbocycles. The number of imide groups is 1. The number of likely N-dealkylation sites (N-methyl/N-ethyl adjacent to an activating group) is 1. The second-order valence-electron chi connectivity index (χ2n) is 11.3. The maximum absolute atomic E-state index is 14.1. The molecule has 0 bridgehead atoms. The number of carbonyl (C=O) groups is 2. The fraction of sp³-hybridized carbons (Fsp3) is 0.364. The minimum absolute atomic E-state index is 0.249. The molecular formula is C33H33Cl2N5O2. The zero-order valence-electron chi connectivity index (χ0n) is 23.7. The van der Waals surface area contributed by atoms with Crippen molar-refractivity contribution in [2.75, 3.05) is 42.5 Å². The van der Waals surface area contributed by atoms with E-state index < -0.39 is 5.54 Å². The Hall–Kier alpha value is -3.57. The first-order valence-corrected chi connectivity index (χ1v) is 15.3. The molecule has 3 heterocycles. The highest BCUT2D eigenvalue weighted by Crippen LogP contribution is 2.44. The van der Waals surface area contributed by atoms with Crippen LogP contribution in [0.4, 0.5) is 16.2 Å². The Kier molecular flexibility index (Phi) is 7.89. The van der Waals surface area contributed by atoms with E-state index in [1.54, 1.807) is 35.2 Å². The van der Waals surface area contributed by atoms with Crippen LogP contribution in [0.2, 0.25) is 10.0 Å². The molecule has 3 aliphatic heterocycles. The lowest BCUT2D eigenvalue weighted by Gasteiger charge is -2.42. The summed E-state index contributed by atoms with van der Waals surface area (Å²) in [4.78, 5) is 35.5. The summed E-state index contributed by atoms with van der Waals surface area (Å²) in [5.74, 6) is -0.249. The number of anilines is 2. The van der Waals surface area contributed by atoms with Crippen LogP contribution in [-0.4, -0.2) is 60.0 Å². The molecule has 3 aromatic rings. The van der Waals surface area contributed by atoms with E-state index in [9.17, 15) is 14.9 Å². The minimum Gasteiger partial charge on any atom is -0.372 e. The first-order chi connectivity index (χ1) is 20.3. The van der Waals surface area contributed by atoms with Crippen LogP contribution in [-0.2, 0) is 11.3 Å². The highest BCUT2D eigenvalue weighted by Gasteiger charge is 2.58. The van der Waals surface area contributed by atoms with E-state index in [2.05, 4.69) is 40.1 Å². The average Bonchev–Trinajstić information content (AvgIpc) is 3.61. The Morgan fingerprint density at radius 3 is 2.29 bits per heavy atom. The number of rotatable bonds is 6. The van der Waals surface area contributed by atoms with Crippen molar-refractivity contribution in [3.05, 3.63) is 81.8 Å². The van der Waals surface area contributed by atoms with Crippen molar-refractivity contribution in [2.45, 2.75) is 44.7 Å². The van der Waals surface area contributed by atoms with Crippen molar-refractivity contribution in [1.82, 2.24) is 9.80 Å². The Bertz CT molecular complexity index is 1550. The SMILES string of the molecule is CCN1C(=O)N(c2cc(Cl)c(-c3cccc(C#N)c3)cc2Cl)C(=O)C12CCN(Cc1ccc(N3CCCC3)cc1)CC2. The lowest BCUT2D eigenvalue weighted by molar-refractivity contribution is -0.127. The van der Waals surface area contributed by atoms with Gasteiger partial charge in [0.2, 0.25) is 0 Å². The Morgan fingerprint density at radius 1 is 0.905 bits per heavy atom. The molecule has 3 fully saturated rings. The number of likely N-dealkylation sites (tertiary alicyclic amines) is 1. The first-order valence-electron chi connectivity index (χ1n) is 14.6. The molecule has 0 aromatic heterocycles. The molecule has 0 radical (unpaired) electrons. The van der Waals surface area contributed by atoms with Crippen molar-refractivity contribution >= 4 is 46.5 Å². The molecular weight excluding hydrogens is 569 g/mol. The largest absolute Gasteiger partial charge is 0.372 e. The molecule has 0 unspecified atom stereocenters. The van der Waals surface area contributed by atoms with Crippen LogP contribution in [0.1, 0.15) is 43.7 Å². The maximum atomic E-state index is 14.1. The highest BCUT2D eigenvalue weighted by molar-refractivity contribution is 6.39. The fourth-order valence-corrected chi connectivity index (χ4v) is 7.18. The number of nitriles is 1. The zero-order chi connectivity index (χ0) is 29.4. The van der Waals surface area contributed by atoms with Crippen LogP contribution < -0.4 is 9.80 Å². The molecule has 0 aliphatic carbocycles. The maximum Gasteiger partial charge on any atom is 0.332 e. The number of nitrogens with zero attached hydrogens (tertiary/aromatic N) is 5. The van der Waals surface area contributed by atoms with E-state index in [4.69, 9.17) is 23.2 Å². The Labute approximate surface area is 256 Å². The van der Waals surface area contributed by atoms with Gasteiger partial charge in [-0.1, -0.05) is 47.5 Å². The van der Waals surface area contributed by atoms with Crippen LogP contribution in [0.5, 0.6) is 0 Å². The summed E-state index contributed by atoms with van der Waals surface area (Å²) in [6.45, 7) is 6.81. The Morgan fingerprint density at radius 2 is 1.62 bits per heavy atom. The molecule has 42 heavy (non-hydrogen) atoms. The van der Waals surface area contributed by atoms with Gasteiger partial charge in [0.1, 0.15) is 5.54 Å². The lowest BCUT2D eigenvalue weighted by atomic mass is 9.85. The first kappa shape index (κ1) is 28.5. The molecule has 0 saturated carbocycles. The van der Waals surface area contributed by atoms with Crippen LogP contribution in [0, 0.1) is 11.3 Å². The smallest absolute Gasteiger partial charge is 0.332 e. The summed E-state index contributed by atoms with van der Waals surface area (Å²) in [7, 11) is 0.